The zero-order valence-corrected chi connectivity index (χ0v) is 10.0. The number of fused-ring (bicyclic) bond motifs is 1. The van der Waals surface area contributed by atoms with Gasteiger partial charge in [-0.1, -0.05) is 11.6 Å². The van der Waals surface area contributed by atoms with Crippen LogP contribution in [0, 0.1) is 0 Å². The van der Waals surface area contributed by atoms with Crippen LogP contribution in [0.2, 0.25) is 5.15 Å². The number of hydrogen-bond acceptors (Lipinski definition) is 5. The van der Waals surface area contributed by atoms with Crippen molar-refractivity contribution in [2.45, 2.75) is 6.54 Å². The molecule has 0 bridgehead atoms. The second-order valence-electron chi connectivity index (χ2n) is 3.62. The lowest BCUT2D eigenvalue weighted by Crippen LogP contribution is -2.06. The minimum absolute atomic E-state index is 0.402. The number of nitrogens with zero attached hydrogens (tertiary/aromatic N) is 5. The van der Waals surface area contributed by atoms with Crippen molar-refractivity contribution in [1.82, 2.24) is 24.3 Å². The van der Waals surface area contributed by atoms with Crippen LogP contribution in [0.5, 0.6) is 0 Å². The monoisotopic (exact) mass is 260 g/mol. The summed E-state index contributed by atoms with van der Waals surface area (Å²) in [5.41, 5.74) is 0.895. The van der Waals surface area contributed by atoms with Crippen molar-refractivity contribution in [2.75, 3.05) is 5.32 Å². The van der Waals surface area contributed by atoms with E-state index in [1.54, 1.807) is 18.5 Å². The number of hydrogen-bond donors (Lipinski definition) is 1. The molecule has 0 spiro atoms. The normalized spacial score (nSPS) is 10.7. The molecule has 0 amide bonds. The van der Waals surface area contributed by atoms with Gasteiger partial charge in [0.25, 0.3) is 0 Å². The van der Waals surface area contributed by atoms with Crippen LogP contribution in [0.15, 0.2) is 37.1 Å². The molecule has 0 atom stereocenters. The summed E-state index contributed by atoms with van der Waals surface area (Å²) in [5.74, 6) is 1.38. The summed E-state index contributed by atoms with van der Waals surface area (Å²) in [6, 6.07) is 3.60. The molecule has 3 aromatic rings. The molecule has 0 radical (unpaired) electrons. The van der Waals surface area contributed by atoms with E-state index in [-0.39, 0.29) is 0 Å². The maximum absolute atomic E-state index is 5.93. The minimum Gasteiger partial charge on any atom is -0.365 e. The molecule has 1 N–H and O–H groups in total. The van der Waals surface area contributed by atoms with Crippen LogP contribution < -0.4 is 5.32 Å². The molecule has 0 aliphatic rings. The van der Waals surface area contributed by atoms with Crippen molar-refractivity contribution < 1.29 is 0 Å². The first kappa shape index (κ1) is 10.9. The van der Waals surface area contributed by atoms with E-state index in [9.17, 15) is 0 Å². The summed E-state index contributed by atoms with van der Waals surface area (Å²) in [5, 5.41) is 3.64. The first-order chi connectivity index (χ1) is 8.83. The lowest BCUT2D eigenvalue weighted by atomic mass is 10.4. The molecular weight excluding hydrogens is 252 g/mol. The smallest absolute Gasteiger partial charge is 0.236 e. The van der Waals surface area contributed by atoms with E-state index in [0.29, 0.717) is 17.5 Å². The van der Waals surface area contributed by atoms with E-state index in [1.165, 1.54) is 6.33 Å². The molecule has 3 aromatic heterocycles. The molecular formula is C11H9ClN6. The third-order valence-electron chi connectivity index (χ3n) is 2.44. The SMILES string of the molecule is Clc1cc(NCc2ccncn2)n2ccnc2n1. The van der Waals surface area contributed by atoms with Crippen molar-refractivity contribution in [2.24, 2.45) is 0 Å². The standard InChI is InChI=1S/C11H9ClN6/c12-9-5-10(18-4-3-14-11(18)17-9)15-6-8-1-2-13-7-16-8/h1-5,7,15H,6H2. The van der Waals surface area contributed by atoms with E-state index >= 15 is 0 Å². The average molecular weight is 261 g/mol. The summed E-state index contributed by atoms with van der Waals surface area (Å²) in [6.07, 6.45) is 6.72. The Hall–Kier alpha value is -2.21. The summed E-state index contributed by atoms with van der Waals surface area (Å²) < 4.78 is 1.83. The first-order valence-corrected chi connectivity index (χ1v) is 5.69. The van der Waals surface area contributed by atoms with Gasteiger partial charge in [-0.2, -0.15) is 0 Å². The minimum atomic E-state index is 0.402. The molecule has 18 heavy (non-hydrogen) atoms. The maximum Gasteiger partial charge on any atom is 0.236 e. The van der Waals surface area contributed by atoms with Gasteiger partial charge in [-0.3, -0.25) is 4.40 Å². The Bertz CT molecular complexity index is 666. The fourth-order valence-electron chi connectivity index (χ4n) is 1.62. The van der Waals surface area contributed by atoms with Gasteiger partial charge in [-0.15, -0.1) is 0 Å². The summed E-state index contributed by atoms with van der Waals surface area (Å²) >= 11 is 5.93. The van der Waals surface area contributed by atoms with E-state index < -0.39 is 0 Å². The number of halogens is 1. The molecule has 6 nitrogen and oxygen atoms in total. The van der Waals surface area contributed by atoms with Crippen molar-refractivity contribution >= 4 is 23.2 Å². The largest absolute Gasteiger partial charge is 0.365 e. The van der Waals surface area contributed by atoms with Crippen molar-refractivity contribution in [3.8, 4) is 0 Å². The molecule has 0 saturated heterocycles. The van der Waals surface area contributed by atoms with Crippen LogP contribution in [0.4, 0.5) is 5.82 Å². The lowest BCUT2D eigenvalue weighted by Gasteiger charge is -2.08. The predicted molar refractivity (Wildman–Crippen MR) is 67.4 cm³/mol. The number of anilines is 1. The van der Waals surface area contributed by atoms with Crippen LogP contribution in [0.25, 0.3) is 5.78 Å². The van der Waals surface area contributed by atoms with Crippen LogP contribution in [-0.4, -0.2) is 24.3 Å². The van der Waals surface area contributed by atoms with Gasteiger partial charge >= 0.3 is 0 Å². The molecule has 0 saturated carbocycles. The highest BCUT2D eigenvalue weighted by molar-refractivity contribution is 6.29. The highest BCUT2D eigenvalue weighted by Gasteiger charge is 2.04. The molecule has 0 aliphatic heterocycles. The second-order valence-corrected chi connectivity index (χ2v) is 4.00. The van der Waals surface area contributed by atoms with E-state index in [4.69, 9.17) is 11.6 Å². The van der Waals surface area contributed by atoms with E-state index in [2.05, 4.69) is 25.3 Å². The van der Waals surface area contributed by atoms with Gasteiger partial charge in [0.2, 0.25) is 5.78 Å². The van der Waals surface area contributed by atoms with Gasteiger partial charge in [-0.05, 0) is 6.07 Å². The second kappa shape index (κ2) is 4.58. The molecule has 0 fully saturated rings. The summed E-state index contributed by atoms with van der Waals surface area (Å²) in [7, 11) is 0. The highest BCUT2D eigenvalue weighted by Crippen LogP contribution is 2.16. The number of rotatable bonds is 3. The van der Waals surface area contributed by atoms with Crippen LogP contribution in [-0.2, 0) is 6.54 Å². The summed E-state index contributed by atoms with van der Waals surface area (Å²) in [4.78, 5) is 16.2. The highest BCUT2D eigenvalue weighted by atomic mass is 35.5. The Balaban J connectivity index is 1.88. The average Bonchev–Trinajstić information content (AvgIpc) is 2.85. The van der Waals surface area contributed by atoms with Gasteiger partial charge in [0, 0.05) is 24.7 Å². The Labute approximate surface area is 108 Å². The van der Waals surface area contributed by atoms with Crippen LogP contribution in [0.1, 0.15) is 5.69 Å². The van der Waals surface area contributed by atoms with Gasteiger partial charge in [0.15, 0.2) is 0 Å². The maximum atomic E-state index is 5.93. The third kappa shape index (κ3) is 2.10. The van der Waals surface area contributed by atoms with Crippen molar-refractivity contribution in [3.05, 3.63) is 47.9 Å². The van der Waals surface area contributed by atoms with Gasteiger partial charge < -0.3 is 5.32 Å². The Kier molecular flexibility index (Phi) is 2.77. The molecule has 3 heterocycles. The molecule has 7 heteroatoms. The number of nitrogens with one attached hydrogen (secondary N) is 1. The topological polar surface area (TPSA) is 68.0 Å². The van der Waals surface area contributed by atoms with Crippen molar-refractivity contribution in [3.63, 3.8) is 0 Å². The zero-order valence-electron chi connectivity index (χ0n) is 9.29. The predicted octanol–water partition coefficient (Wildman–Crippen LogP) is 1.78. The number of imidazole rings is 1. The van der Waals surface area contributed by atoms with Gasteiger partial charge in [-0.25, -0.2) is 19.9 Å². The first-order valence-electron chi connectivity index (χ1n) is 5.31. The Morgan fingerprint density at radius 3 is 3.06 bits per heavy atom. The molecule has 90 valence electrons. The number of aromatic nitrogens is 5. The Morgan fingerprint density at radius 2 is 2.22 bits per heavy atom. The fraction of sp³-hybridized carbons (Fsp3) is 0.0909. The van der Waals surface area contributed by atoms with Crippen LogP contribution >= 0.6 is 11.6 Å². The fourth-order valence-corrected chi connectivity index (χ4v) is 1.80. The molecule has 0 aliphatic carbocycles. The quantitative estimate of drug-likeness (QED) is 0.727. The zero-order chi connectivity index (χ0) is 12.4. The van der Waals surface area contributed by atoms with Gasteiger partial charge in [0.1, 0.15) is 17.3 Å². The summed E-state index contributed by atoms with van der Waals surface area (Å²) in [6.45, 7) is 0.580. The Morgan fingerprint density at radius 1 is 1.28 bits per heavy atom. The van der Waals surface area contributed by atoms with E-state index in [0.717, 1.165) is 11.5 Å². The molecule has 0 unspecified atom stereocenters. The third-order valence-corrected chi connectivity index (χ3v) is 2.63. The van der Waals surface area contributed by atoms with Crippen molar-refractivity contribution in [1.29, 1.82) is 0 Å². The molecule has 0 aromatic carbocycles. The lowest BCUT2D eigenvalue weighted by molar-refractivity contribution is 0.980. The molecule has 3 rings (SSSR count). The van der Waals surface area contributed by atoms with E-state index in [1.807, 2.05) is 16.7 Å². The van der Waals surface area contributed by atoms with Gasteiger partial charge in [0.05, 0.1) is 12.2 Å². The van der Waals surface area contributed by atoms with Crippen LogP contribution in [0.3, 0.4) is 0 Å².